The van der Waals surface area contributed by atoms with Crippen molar-refractivity contribution >= 4 is 17.5 Å². The molecular formula is C14H14ClN3O2. The highest BCUT2D eigenvalue weighted by atomic mass is 35.5. The number of benzene rings is 1. The van der Waals surface area contributed by atoms with E-state index in [4.69, 9.17) is 16.3 Å². The van der Waals surface area contributed by atoms with Gasteiger partial charge in [-0.2, -0.15) is 0 Å². The van der Waals surface area contributed by atoms with Crippen LogP contribution in [0.1, 0.15) is 10.4 Å². The number of hydrogen-bond acceptors (Lipinski definition) is 4. The van der Waals surface area contributed by atoms with Crippen molar-refractivity contribution in [3.63, 3.8) is 0 Å². The number of hydrogen-bond donors (Lipinski definition) is 0. The van der Waals surface area contributed by atoms with Crippen LogP contribution in [0, 0.1) is 0 Å². The molecule has 2 rings (SSSR count). The topological polar surface area (TPSA) is 55.3 Å². The molecule has 0 radical (unpaired) electrons. The molecule has 5 nitrogen and oxygen atoms in total. The molecule has 2 aromatic rings. The largest absolute Gasteiger partial charge is 0.480 e. The van der Waals surface area contributed by atoms with Crippen LogP contribution in [0.2, 0.25) is 5.02 Å². The lowest BCUT2D eigenvalue weighted by molar-refractivity contribution is 0.0828. The van der Waals surface area contributed by atoms with Gasteiger partial charge in [-0.3, -0.25) is 4.79 Å². The Labute approximate surface area is 122 Å². The van der Waals surface area contributed by atoms with Crippen LogP contribution in [0.3, 0.4) is 0 Å². The van der Waals surface area contributed by atoms with E-state index in [0.29, 0.717) is 22.2 Å². The standard InChI is InChI=1S/C14H14ClN3O2/c1-18(2)14(19)10-5-4-9(8-11(10)15)12-6-7-13(20-3)17-16-12/h4-8H,1-3H3. The van der Waals surface area contributed by atoms with Gasteiger partial charge in [0, 0.05) is 25.7 Å². The van der Waals surface area contributed by atoms with Crippen LogP contribution in [0.25, 0.3) is 11.3 Å². The summed E-state index contributed by atoms with van der Waals surface area (Å²) in [4.78, 5) is 13.4. The van der Waals surface area contributed by atoms with Gasteiger partial charge < -0.3 is 9.64 Å². The first-order chi connectivity index (χ1) is 9.52. The molecule has 0 spiro atoms. The van der Waals surface area contributed by atoms with E-state index in [1.165, 1.54) is 12.0 Å². The lowest BCUT2D eigenvalue weighted by Crippen LogP contribution is -2.21. The van der Waals surface area contributed by atoms with Crippen molar-refractivity contribution in [2.45, 2.75) is 0 Å². The summed E-state index contributed by atoms with van der Waals surface area (Å²) in [5.74, 6) is 0.307. The van der Waals surface area contributed by atoms with Crippen molar-refractivity contribution in [3.8, 4) is 17.1 Å². The second-order valence-corrected chi connectivity index (χ2v) is 4.76. The van der Waals surface area contributed by atoms with E-state index >= 15 is 0 Å². The molecule has 1 aromatic heterocycles. The molecule has 104 valence electrons. The molecule has 0 aliphatic heterocycles. The molecule has 1 aromatic carbocycles. The zero-order chi connectivity index (χ0) is 14.7. The molecule has 0 atom stereocenters. The number of rotatable bonds is 3. The van der Waals surface area contributed by atoms with Crippen LogP contribution in [0.15, 0.2) is 30.3 Å². The lowest BCUT2D eigenvalue weighted by atomic mass is 10.1. The molecule has 0 unspecified atom stereocenters. The predicted octanol–water partition coefficient (Wildman–Crippen LogP) is 2.51. The third-order valence-corrected chi connectivity index (χ3v) is 3.06. The number of amides is 1. The summed E-state index contributed by atoms with van der Waals surface area (Å²) < 4.78 is 4.96. The fraction of sp³-hybridized carbons (Fsp3) is 0.214. The van der Waals surface area contributed by atoms with E-state index in [1.54, 1.807) is 44.4 Å². The van der Waals surface area contributed by atoms with Crippen LogP contribution in [0.4, 0.5) is 0 Å². The van der Waals surface area contributed by atoms with Gasteiger partial charge in [-0.15, -0.1) is 10.2 Å². The summed E-state index contributed by atoms with van der Waals surface area (Å²) in [7, 11) is 4.89. The van der Waals surface area contributed by atoms with Crippen molar-refractivity contribution in [1.29, 1.82) is 0 Å². The zero-order valence-corrected chi connectivity index (χ0v) is 12.2. The maximum absolute atomic E-state index is 11.9. The Morgan fingerprint density at radius 2 is 1.95 bits per heavy atom. The summed E-state index contributed by atoms with van der Waals surface area (Å²) >= 11 is 6.16. The van der Waals surface area contributed by atoms with Crippen LogP contribution < -0.4 is 4.74 Å². The Kier molecular flexibility index (Phi) is 4.20. The van der Waals surface area contributed by atoms with Gasteiger partial charge >= 0.3 is 0 Å². The Hall–Kier alpha value is -2.14. The van der Waals surface area contributed by atoms with Crippen molar-refractivity contribution in [2.24, 2.45) is 0 Å². The minimum Gasteiger partial charge on any atom is -0.480 e. The van der Waals surface area contributed by atoms with E-state index < -0.39 is 0 Å². The SMILES string of the molecule is COc1ccc(-c2ccc(C(=O)N(C)C)c(Cl)c2)nn1. The molecular weight excluding hydrogens is 278 g/mol. The first kappa shape index (κ1) is 14.3. The van der Waals surface area contributed by atoms with Gasteiger partial charge in [-0.1, -0.05) is 17.7 Å². The highest BCUT2D eigenvalue weighted by Crippen LogP contribution is 2.25. The molecule has 0 N–H and O–H groups in total. The van der Waals surface area contributed by atoms with Crippen molar-refractivity contribution < 1.29 is 9.53 Å². The quantitative estimate of drug-likeness (QED) is 0.872. The smallest absolute Gasteiger partial charge is 0.254 e. The summed E-state index contributed by atoms with van der Waals surface area (Å²) in [6.07, 6.45) is 0. The number of methoxy groups -OCH3 is 1. The average molecular weight is 292 g/mol. The number of halogens is 1. The summed E-state index contributed by atoms with van der Waals surface area (Å²) in [6, 6.07) is 8.68. The van der Waals surface area contributed by atoms with Gasteiger partial charge in [0.15, 0.2) is 0 Å². The van der Waals surface area contributed by atoms with Gasteiger partial charge in [0.2, 0.25) is 5.88 Å². The Morgan fingerprint density at radius 3 is 2.45 bits per heavy atom. The molecule has 0 saturated heterocycles. The van der Waals surface area contributed by atoms with E-state index in [-0.39, 0.29) is 5.91 Å². The molecule has 0 fully saturated rings. The summed E-state index contributed by atoms with van der Waals surface area (Å²) in [5.41, 5.74) is 1.92. The lowest BCUT2D eigenvalue weighted by Gasteiger charge is -2.12. The Bertz CT molecular complexity index is 627. The molecule has 0 saturated carbocycles. The second kappa shape index (κ2) is 5.88. The number of carbonyl (C=O) groups is 1. The molecule has 6 heteroatoms. The van der Waals surface area contributed by atoms with Crippen LogP contribution in [-0.2, 0) is 0 Å². The van der Waals surface area contributed by atoms with Crippen molar-refractivity contribution in [2.75, 3.05) is 21.2 Å². The number of carbonyl (C=O) groups excluding carboxylic acids is 1. The van der Waals surface area contributed by atoms with E-state index in [2.05, 4.69) is 10.2 Å². The minimum atomic E-state index is -0.137. The van der Waals surface area contributed by atoms with Gasteiger partial charge in [0.1, 0.15) is 0 Å². The second-order valence-electron chi connectivity index (χ2n) is 4.36. The van der Waals surface area contributed by atoms with E-state index in [1.807, 2.05) is 0 Å². The highest BCUT2D eigenvalue weighted by molar-refractivity contribution is 6.34. The molecule has 0 bridgehead atoms. The molecule has 20 heavy (non-hydrogen) atoms. The zero-order valence-electron chi connectivity index (χ0n) is 11.4. The first-order valence-electron chi connectivity index (χ1n) is 5.92. The predicted molar refractivity (Wildman–Crippen MR) is 77.0 cm³/mol. The maximum Gasteiger partial charge on any atom is 0.254 e. The van der Waals surface area contributed by atoms with Crippen LogP contribution >= 0.6 is 11.6 Å². The van der Waals surface area contributed by atoms with Crippen LogP contribution in [0.5, 0.6) is 5.88 Å². The molecule has 1 heterocycles. The Balaban J connectivity index is 2.35. The van der Waals surface area contributed by atoms with Gasteiger partial charge in [-0.25, -0.2) is 0 Å². The summed E-state index contributed by atoms with van der Waals surface area (Å²) in [6.45, 7) is 0. The normalized spacial score (nSPS) is 10.2. The third-order valence-electron chi connectivity index (χ3n) is 2.75. The first-order valence-corrected chi connectivity index (χ1v) is 6.30. The van der Waals surface area contributed by atoms with Crippen molar-refractivity contribution in [3.05, 3.63) is 40.9 Å². The molecule has 0 aliphatic rings. The number of ether oxygens (including phenoxy) is 1. The van der Waals surface area contributed by atoms with Gasteiger partial charge in [0.25, 0.3) is 5.91 Å². The third kappa shape index (κ3) is 2.88. The Morgan fingerprint density at radius 1 is 1.20 bits per heavy atom. The van der Waals surface area contributed by atoms with E-state index in [9.17, 15) is 4.79 Å². The molecule has 0 aliphatic carbocycles. The highest BCUT2D eigenvalue weighted by Gasteiger charge is 2.13. The van der Waals surface area contributed by atoms with Crippen LogP contribution in [-0.4, -0.2) is 42.2 Å². The molecule has 1 amide bonds. The number of aromatic nitrogens is 2. The van der Waals surface area contributed by atoms with Gasteiger partial charge in [-0.05, 0) is 18.2 Å². The number of nitrogens with zero attached hydrogens (tertiary/aromatic N) is 3. The van der Waals surface area contributed by atoms with Gasteiger partial charge in [0.05, 0.1) is 23.4 Å². The minimum absolute atomic E-state index is 0.137. The maximum atomic E-state index is 11.9. The summed E-state index contributed by atoms with van der Waals surface area (Å²) in [5, 5.41) is 8.33. The fourth-order valence-corrected chi connectivity index (χ4v) is 1.93. The van der Waals surface area contributed by atoms with Crippen molar-refractivity contribution in [1.82, 2.24) is 15.1 Å². The average Bonchev–Trinajstić information content (AvgIpc) is 2.46. The fourth-order valence-electron chi connectivity index (χ4n) is 1.67. The monoisotopic (exact) mass is 291 g/mol. The van der Waals surface area contributed by atoms with E-state index in [0.717, 1.165) is 5.56 Å².